The molecule has 106 valence electrons. The fourth-order valence-electron chi connectivity index (χ4n) is 1.64. The van der Waals surface area contributed by atoms with Gasteiger partial charge in [-0.15, -0.1) is 0 Å². The number of hydrogen-bond acceptors (Lipinski definition) is 3. The monoisotopic (exact) mass is 302 g/mol. The third-order valence-electron chi connectivity index (χ3n) is 2.77. The number of rotatable bonds is 2. The number of hydrogen-bond donors (Lipinski definition) is 0. The van der Waals surface area contributed by atoms with E-state index < -0.39 is 21.5 Å². The second kappa shape index (κ2) is 5.85. The molecule has 1 unspecified atom stereocenters. The van der Waals surface area contributed by atoms with Crippen molar-refractivity contribution in [3.63, 3.8) is 0 Å². The van der Waals surface area contributed by atoms with Crippen LogP contribution in [0.1, 0.15) is 15.9 Å². The summed E-state index contributed by atoms with van der Waals surface area (Å²) in [6.07, 6.45) is 1.32. The van der Waals surface area contributed by atoms with E-state index in [1.807, 2.05) is 6.07 Å². The Balaban J connectivity index is 2.36. The molecule has 4 nitrogen and oxygen atoms in total. The Morgan fingerprint density at radius 2 is 1.71 bits per heavy atom. The van der Waals surface area contributed by atoms with Gasteiger partial charge in [-0.1, -0.05) is 0 Å². The highest BCUT2D eigenvalue weighted by Crippen LogP contribution is 2.14. The van der Waals surface area contributed by atoms with Crippen molar-refractivity contribution >= 4 is 15.6 Å². The lowest BCUT2D eigenvalue weighted by molar-refractivity contribution is 0.100. The lowest BCUT2D eigenvalue weighted by Gasteiger charge is -2.04. The molecule has 2 aromatic rings. The Labute approximate surface area is 122 Å². The van der Waals surface area contributed by atoms with E-state index in [0.717, 1.165) is 0 Å². The average Bonchev–Trinajstić information content (AvgIpc) is 2.47. The maximum atomic E-state index is 12.9. The van der Waals surface area contributed by atoms with Crippen molar-refractivity contribution in [2.45, 2.75) is 4.90 Å². The summed E-state index contributed by atoms with van der Waals surface area (Å²) in [4.78, 5) is 12.3. The largest absolute Gasteiger partial charge is 0.285 e. The number of amides is 1. The molecule has 0 saturated carbocycles. The summed E-state index contributed by atoms with van der Waals surface area (Å²) in [6, 6.07) is 12.8. The Kier molecular flexibility index (Phi) is 4.15. The topological polar surface area (TPSA) is 70.3 Å². The molecule has 0 aliphatic heterocycles. The highest BCUT2D eigenvalue weighted by atomic mass is 32.2. The van der Waals surface area contributed by atoms with Gasteiger partial charge in [0.05, 0.1) is 21.4 Å². The van der Waals surface area contributed by atoms with Crippen molar-refractivity contribution in [3.8, 4) is 6.07 Å². The van der Waals surface area contributed by atoms with E-state index in [1.165, 1.54) is 54.8 Å². The molecule has 0 bridgehead atoms. The zero-order valence-electron chi connectivity index (χ0n) is 11.1. The first-order valence-corrected chi connectivity index (χ1v) is 7.87. The number of nitrogens with zero attached hydrogens (tertiary/aromatic N) is 2. The van der Waals surface area contributed by atoms with Crippen molar-refractivity contribution < 1.29 is 13.4 Å². The predicted molar refractivity (Wildman–Crippen MR) is 76.6 cm³/mol. The van der Waals surface area contributed by atoms with Gasteiger partial charge in [-0.25, -0.2) is 8.60 Å². The van der Waals surface area contributed by atoms with Gasteiger partial charge in [0, 0.05) is 16.7 Å². The van der Waals surface area contributed by atoms with Crippen molar-refractivity contribution in [2.75, 3.05) is 6.26 Å². The van der Waals surface area contributed by atoms with Crippen LogP contribution in [0.2, 0.25) is 0 Å². The highest BCUT2D eigenvalue weighted by molar-refractivity contribution is 7.93. The van der Waals surface area contributed by atoms with Gasteiger partial charge in [-0.3, -0.25) is 4.79 Å². The van der Waals surface area contributed by atoms with Gasteiger partial charge in [0.25, 0.3) is 5.91 Å². The highest BCUT2D eigenvalue weighted by Gasteiger charge is 2.11. The molecule has 0 radical (unpaired) electrons. The van der Waals surface area contributed by atoms with E-state index in [0.29, 0.717) is 5.56 Å². The van der Waals surface area contributed by atoms with Crippen molar-refractivity contribution in [3.05, 3.63) is 65.5 Å². The molecule has 0 fully saturated rings. The maximum Gasteiger partial charge on any atom is 0.285 e. The van der Waals surface area contributed by atoms with Crippen LogP contribution in [0.15, 0.2) is 57.8 Å². The van der Waals surface area contributed by atoms with Crippen LogP contribution < -0.4 is 0 Å². The van der Waals surface area contributed by atoms with Gasteiger partial charge in [0.15, 0.2) is 0 Å². The number of benzene rings is 2. The standard InChI is InChI=1S/C15H11FN2O2S/c1-21(20,14-8-6-13(16)7-9-14)18-15(19)12-4-2-11(10-17)3-5-12/h2-9H,1H3. The number of carbonyl (C=O) groups is 1. The van der Waals surface area contributed by atoms with E-state index in [9.17, 15) is 13.4 Å². The second-order valence-electron chi connectivity index (χ2n) is 4.34. The summed E-state index contributed by atoms with van der Waals surface area (Å²) in [5, 5.41) is 8.69. The van der Waals surface area contributed by atoms with Crippen molar-refractivity contribution in [1.82, 2.24) is 0 Å². The van der Waals surface area contributed by atoms with Crippen molar-refractivity contribution in [2.24, 2.45) is 4.36 Å². The van der Waals surface area contributed by atoms with Gasteiger partial charge in [0.2, 0.25) is 0 Å². The molecule has 2 rings (SSSR count). The van der Waals surface area contributed by atoms with E-state index >= 15 is 0 Å². The van der Waals surface area contributed by atoms with E-state index in [-0.39, 0.29) is 10.5 Å². The lowest BCUT2D eigenvalue weighted by atomic mass is 10.1. The van der Waals surface area contributed by atoms with Crippen LogP contribution >= 0.6 is 0 Å². The first-order chi connectivity index (χ1) is 9.92. The van der Waals surface area contributed by atoms with Crippen LogP contribution in [0.5, 0.6) is 0 Å². The lowest BCUT2D eigenvalue weighted by Crippen LogP contribution is -2.04. The van der Waals surface area contributed by atoms with Gasteiger partial charge < -0.3 is 0 Å². The minimum Gasteiger partial charge on any atom is -0.266 e. The zero-order valence-corrected chi connectivity index (χ0v) is 11.9. The number of carbonyl (C=O) groups excluding carboxylic acids is 1. The average molecular weight is 302 g/mol. The van der Waals surface area contributed by atoms with Crippen LogP contribution in [-0.4, -0.2) is 16.4 Å². The molecule has 1 amide bonds. The van der Waals surface area contributed by atoms with E-state index in [4.69, 9.17) is 5.26 Å². The van der Waals surface area contributed by atoms with Crippen LogP contribution in [-0.2, 0) is 9.73 Å². The Hall–Kier alpha value is -2.52. The molecule has 0 aliphatic rings. The smallest absolute Gasteiger partial charge is 0.266 e. The summed E-state index contributed by atoms with van der Waals surface area (Å²) in [7, 11) is -2.95. The van der Waals surface area contributed by atoms with Crippen LogP contribution in [0.3, 0.4) is 0 Å². The van der Waals surface area contributed by atoms with E-state index in [1.54, 1.807) is 0 Å². The minimum atomic E-state index is -2.95. The first-order valence-electron chi connectivity index (χ1n) is 5.94. The molecule has 21 heavy (non-hydrogen) atoms. The van der Waals surface area contributed by atoms with E-state index in [2.05, 4.69) is 4.36 Å². The molecular weight excluding hydrogens is 291 g/mol. The molecule has 0 aliphatic carbocycles. The number of halogens is 1. The molecule has 0 aromatic heterocycles. The Morgan fingerprint density at radius 3 is 2.24 bits per heavy atom. The first kappa shape index (κ1) is 14.9. The maximum absolute atomic E-state index is 12.9. The van der Waals surface area contributed by atoms with Crippen LogP contribution in [0, 0.1) is 17.1 Å². The fourth-order valence-corrected chi connectivity index (χ4v) is 2.81. The summed E-state index contributed by atoms with van der Waals surface area (Å²) >= 11 is 0. The molecule has 2 aromatic carbocycles. The Bertz CT molecular complexity index is 827. The summed E-state index contributed by atoms with van der Waals surface area (Å²) in [5.41, 5.74) is 0.660. The third kappa shape index (κ3) is 3.52. The Morgan fingerprint density at radius 1 is 1.14 bits per heavy atom. The molecule has 1 atom stereocenters. The molecule has 0 saturated heterocycles. The molecule has 0 spiro atoms. The van der Waals surface area contributed by atoms with Gasteiger partial charge in [0.1, 0.15) is 5.82 Å². The fraction of sp³-hybridized carbons (Fsp3) is 0.0667. The SMILES string of the molecule is CS(=O)(=NC(=O)c1ccc(C#N)cc1)c1ccc(F)cc1. The third-order valence-corrected chi connectivity index (χ3v) is 4.43. The van der Waals surface area contributed by atoms with Crippen LogP contribution in [0.25, 0.3) is 0 Å². The molecular formula is C15H11FN2O2S. The second-order valence-corrected chi connectivity index (χ2v) is 6.60. The predicted octanol–water partition coefficient (Wildman–Crippen LogP) is 2.99. The minimum absolute atomic E-state index is 0.241. The summed E-state index contributed by atoms with van der Waals surface area (Å²) in [6.45, 7) is 0. The summed E-state index contributed by atoms with van der Waals surface area (Å²) < 4.78 is 29.0. The van der Waals surface area contributed by atoms with Crippen molar-refractivity contribution in [1.29, 1.82) is 5.26 Å². The summed E-state index contributed by atoms with van der Waals surface area (Å²) in [5.74, 6) is -1.09. The molecule has 0 heterocycles. The van der Waals surface area contributed by atoms with Gasteiger partial charge in [-0.2, -0.15) is 9.62 Å². The normalized spacial score (nSPS) is 13.0. The molecule has 6 heteroatoms. The van der Waals surface area contributed by atoms with Gasteiger partial charge >= 0.3 is 0 Å². The molecule has 0 N–H and O–H groups in total. The quantitative estimate of drug-likeness (QED) is 0.856. The zero-order chi connectivity index (χ0) is 15.5. The number of nitriles is 1. The van der Waals surface area contributed by atoms with Crippen LogP contribution in [0.4, 0.5) is 4.39 Å². The van der Waals surface area contributed by atoms with Gasteiger partial charge in [-0.05, 0) is 48.5 Å².